The van der Waals surface area contributed by atoms with Gasteiger partial charge < -0.3 is 14.7 Å². The Morgan fingerprint density at radius 3 is 2.43 bits per heavy atom. The Morgan fingerprint density at radius 2 is 1.68 bits per heavy atom. The predicted octanol–water partition coefficient (Wildman–Crippen LogP) is 9.66. The number of carbonyl (C=O) groups is 1. The molecule has 0 saturated heterocycles. The van der Waals surface area contributed by atoms with E-state index in [0.717, 1.165) is 95.1 Å². The van der Waals surface area contributed by atoms with E-state index in [9.17, 15) is 4.79 Å². The molecule has 0 spiro atoms. The SMILES string of the molecule is C=Cc1c(C)c2cc3nc(c4c(=O)n5c6cccc7cccc(nc5c5c(C)c(cc8nc(cc1[nH]2)C(C)=C8CC)[nH]c45)c76)[C@@H](CCC(=O)OC)[C@@H]3C. The molecule has 9 nitrogen and oxygen atoms in total. The summed E-state index contributed by atoms with van der Waals surface area (Å²) in [5.74, 6) is -0.639. The largest absolute Gasteiger partial charge is 0.469 e. The van der Waals surface area contributed by atoms with Crippen molar-refractivity contribution in [1.82, 2.24) is 29.3 Å². The first-order chi connectivity index (χ1) is 25.6. The zero-order valence-electron chi connectivity index (χ0n) is 30.8. The van der Waals surface area contributed by atoms with Crippen molar-refractivity contribution >= 4 is 83.5 Å². The van der Waals surface area contributed by atoms with Crippen molar-refractivity contribution in [2.24, 2.45) is 0 Å². The monoisotopic (exact) mass is 700 g/mol. The molecule has 2 aliphatic rings. The summed E-state index contributed by atoms with van der Waals surface area (Å²) < 4.78 is 6.85. The third-order valence-electron chi connectivity index (χ3n) is 11.7. The summed E-state index contributed by atoms with van der Waals surface area (Å²) in [5.41, 5.74) is 13.9. The number of rotatable bonds is 5. The van der Waals surface area contributed by atoms with Gasteiger partial charge in [-0.05, 0) is 91.6 Å². The predicted molar refractivity (Wildman–Crippen MR) is 214 cm³/mol. The van der Waals surface area contributed by atoms with Gasteiger partial charge in [-0.15, -0.1) is 0 Å². The van der Waals surface area contributed by atoms with Crippen LogP contribution in [-0.2, 0) is 9.53 Å². The summed E-state index contributed by atoms with van der Waals surface area (Å²) in [6.07, 6.45) is 3.35. The van der Waals surface area contributed by atoms with Crippen LogP contribution in [0.25, 0.3) is 77.5 Å². The number of aromatic amines is 2. The maximum absolute atomic E-state index is 15.4. The van der Waals surface area contributed by atoms with Gasteiger partial charge in [0.1, 0.15) is 0 Å². The first kappa shape index (κ1) is 32.8. The van der Waals surface area contributed by atoms with Gasteiger partial charge in [-0.3, -0.25) is 19.0 Å². The Labute approximate surface area is 305 Å². The van der Waals surface area contributed by atoms with E-state index in [1.54, 1.807) is 4.40 Å². The summed E-state index contributed by atoms with van der Waals surface area (Å²) in [6.45, 7) is 14.7. The number of hydrogen-bond acceptors (Lipinski definition) is 6. The minimum atomic E-state index is -0.297. The number of pyridine rings is 1. The number of aryl methyl sites for hydroxylation is 2. The lowest BCUT2D eigenvalue weighted by molar-refractivity contribution is -0.140. The van der Waals surface area contributed by atoms with Gasteiger partial charge in [0, 0.05) is 56.8 Å². The van der Waals surface area contributed by atoms with Crippen molar-refractivity contribution in [3.8, 4) is 0 Å². The van der Waals surface area contributed by atoms with E-state index in [1.165, 1.54) is 7.11 Å². The number of benzene rings is 2. The summed E-state index contributed by atoms with van der Waals surface area (Å²) in [4.78, 5) is 51.0. The van der Waals surface area contributed by atoms with Gasteiger partial charge in [-0.1, -0.05) is 50.8 Å². The van der Waals surface area contributed by atoms with Crippen LogP contribution in [0.1, 0.15) is 91.3 Å². The highest BCUT2D eigenvalue weighted by Crippen LogP contribution is 2.43. The molecular weight excluding hydrogens is 661 g/mol. The number of nitrogens with one attached hydrogen (secondary N) is 2. The lowest BCUT2D eigenvalue weighted by Gasteiger charge is -2.17. The molecule has 9 rings (SSSR count). The van der Waals surface area contributed by atoms with Gasteiger partial charge in [0.05, 0.1) is 46.1 Å². The lowest BCUT2D eigenvalue weighted by Crippen LogP contribution is -2.18. The van der Waals surface area contributed by atoms with Crippen LogP contribution in [0.4, 0.5) is 0 Å². The third-order valence-corrected chi connectivity index (χ3v) is 11.7. The molecule has 0 fully saturated rings. The minimum Gasteiger partial charge on any atom is -0.469 e. The standard InChI is InChI=1S/C44H40N6O3/c1-8-26-21(3)30-18-32-23(5)28(16-17-37(51)53-7)41(47-32)40-42-38(43-49-29-14-10-12-25-13-11-15-36(39(25)29)50(43)44(40)52)24(6)33(48-42)20-35-27(9-2)22(4)31(46-35)19-34(26)45-30/h8,10-15,18-20,23,28,45,48H,1,9,16-17H2,2-7H3/t23-,28-/m0/s1. The Hall–Kier alpha value is -6.09. The zero-order valence-corrected chi connectivity index (χ0v) is 30.8. The summed E-state index contributed by atoms with van der Waals surface area (Å²) in [5, 5.41) is 3.29. The maximum Gasteiger partial charge on any atom is 0.305 e. The van der Waals surface area contributed by atoms with Crippen molar-refractivity contribution in [3.05, 3.63) is 111 Å². The van der Waals surface area contributed by atoms with Gasteiger partial charge in [-0.2, -0.15) is 0 Å². The van der Waals surface area contributed by atoms with Crippen LogP contribution in [0.3, 0.4) is 0 Å². The van der Waals surface area contributed by atoms with E-state index in [-0.39, 0.29) is 29.8 Å². The van der Waals surface area contributed by atoms with Gasteiger partial charge in [-0.25, -0.2) is 9.97 Å². The number of ether oxygens (including phenoxy) is 1. The molecule has 264 valence electrons. The highest BCUT2D eigenvalue weighted by molar-refractivity contribution is 6.14. The second-order valence-corrected chi connectivity index (χ2v) is 14.4. The van der Waals surface area contributed by atoms with Crippen LogP contribution in [-0.4, -0.2) is 42.4 Å². The molecule has 8 bridgehead atoms. The molecule has 0 aliphatic carbocycles. The molecule has 53 heavy (non-hydrogen) atoms. The van der Waals surface area contributed by atoms with Crippen molar-refractivity contribution < 1.29 is 9.53 Å². The number of methoxy groups -OCH3 is 1. The van der Waals surface area contributed by atoms with Crippen molar-refractivity contribution in [2.45, 2.75) is 65.7 Å². The number of allylic oxidation sites excluding steroid dienone is 2. The molecule has 2 N–H and O–H groups in total. The second kappa shape index (κ2) is 12.0. The molecular formula is C44H40N6O3. The highest BCUT2D eigenvalue weighted by Gasteiger charge is 2.33. The van der Waals surface area contributed by atoms with E-state index in [0.29, 0.717) is 28.7 Å². The minimum absolute atomic E-state index is 0.104. The summed E-state index contributed by atoms with van der Waals surface area (Å²) >= 11 is 0. The van der Waals surface area contributed by atoms with Crippen LogP contribution in [0.2, 0.25) is 0 Å². The number of hydrogen-bond donors (Lipinski definition) is 2. The summed E-state index contributed by atoms with van der Waals surface area (Å²) in [6, 6.07) is 18.4. The van der Waals surface area contributed by atoms with E-state index >= 15 is 4.79 Å². The zero-order chi connectivity index (χ0) is 36.9. The first-order valence-electron chi connectivity index (χ1n) is 18.3. The summed E-state index contributed by atoms with van der Waals surface area (Å²) in [7, 11) is 1.41. The number of esters is 1. The van der Waals surface area contributed by atoms with Crippen LogP contribution < -0.4 is 5.56 Å². The molecule has 9 heteroatoms. The number of fused-ring (bicyclic) bond motifs is 11. The Morgan fingerprint density at radius 1 is 0.925 bits per heavy atom. The molecule has 2 atom stereocenters. The van der Waals surface area contributed by atoms with E-state index in [4.69, 9.17) is 19.7 Å². The van der Waals surface area contributed by atoms with E-state index < -0.39 is 0 Å². The molecule has 7 aromatic rings. The fourth-order valence-electron chi connectivity index (χ4n) is 8.78. The van der Waals surface area contributed by atoms with Crippen LogP contribution in [0.15, 0.2) is 66.0 Å². The number of nitrogens with zero attached hydrogens (tertiary/aromatic N) is 4. The maximum atomic E-state index is 15.4. The fraction of sp³-hybridized carbons (Fsp3) is 0.250. The molecule has 0 unspecified atom stereocenters. The van der Waals surface area contributed by atoms with Crippen LogP contribution >= 0.6 is 0 Å². The van der Waals surface area contributed by atoms with E-state index in [2.05, 4.69) is 81.5 Å². The van der Waals surface area contributed by atoms with E-state index in [1.807, 2.05) is 30.3 Å². The smallest absolute Gasteiger partial charge is 0.305 e. The molecule has 2 aliphatic heterocycles. The van der Waals surface area contributed by atoms with Crippen molar-refractivity contribution in [3.63, 3.8) is 0 Å². The first-order valence-corrected chi connectivity index (χ1v) is 18.3. The fourth-order valence-corrected chi connectivity index (χ4v) is 8.78. The average molecular weight is 701 g/mol. The highest BCUT2D eigenvalue weighted by atomic mass is 16.5. The number of carbonyl (C=O) groups excluding carboxylic acids is 1. The van der Waals surface area contributed by atoms with Crippen LogP contribution in [0, 0.1) is 13.8 Å². The Bertz CT molecular complexity index is 2990. The van der Waals surface area contributed by atoms with Gasteiger partial charge >= 0.3 is 5.97 Å². The van der Waals surface area contributed by atoms with Gasteiger partial charge in [0.15, 0.2) is 5.65 Å². The lowest BCUT2D eigenvalue weighted by atomic mass is 9.86. The van der Waals surface area contributed by atoms with Crippen molar-refractivity contribution in [1.29, 1.82) is 0 Å². The number of aromatic nitrogens is 6. The average Bonchev–Trinajstić information content (AvgIpc) is 3.83. The molecule has 5 aromatic heterocycles. The topological polar surface area (TPSA) is 118 Å². The van der Waals surface area contributed by atoms with Crippen LogP contribution in [0.5, 0.6) is 0 Å². The molecule has 0 saturated carbocycles. The molecule has 7 heterocycles. The molecule has 0 amide bonds. The molecule has 2 aromatic carbocycles. The van der Waals surface area contributed by atoms with Gasteiger partial charge in [0.2, 0.25) is 0 Å². The Kier molecular flexibility index (Phi) is 7.41. The Balaban J connectivity index is 1.55. The molecule has 0 radical (unpaired) electrons. The number of H-pyrrole nitrogens is 2. The third kappa shape index (κ3) is 4.72. The van der Waals surface area contributed by atoms with Gasteiger partial charge in [0.25, 0.3) is 5.56 Å². The second-order valence-electron chi connectivity index (χ2n) is 14.4. The van der Waals surface area contributed by atoms with Crippen molar-refractivity contribution in [2.75, 3.05) is 7.11 Å². The normalized spacial score (nSPS) is 16.1. The quantitative estimate of drug-likeness (QED) is 0.105.